The molecule has 0 radical (unpaired) electrons. The van der Waals surface area contributed by atoms with Crippen LogP contribution < -0.4 is 20.7 Å². The quantitative estimate of drug-likeness (QED) is 0.316. The summed E-state index contributed by atoms with van der Waals surface area (Å²) in [6.07, 6.45) is -1.64. The summed E-state index contributed by atoms with van der Waals surface area (Å²) in [6.45, 7) is 1.68. The third-order valence-electron chi connectivity index (χ3n) is 6.67. The summed E-state index contributed by atoms with van der Waals surface area (Å²) in [7, 11) is -4.32. The molecule has 4 rings (SSSR count). The lowest BCUT2D eigenvalue weighted by atomic mass is 10.1. The van der Waals surface area contributed by atoms with Crippen LogP contribution in [0.2, 0.25) is 0 Å². The van der Waals surface area contributed by atoms with Crippen molar-refractivity contribution < 1.29 is 36.2 Å². The standard InChI is InChI=1S/C27H31F3N6O5S/c1-2-3-18-4-6-19(7-5-18)14-33-26(38)23-16-35(24-15-32-22(17-37)25(31)34-24)12-13-36(23)42(39,40)21-10-8-20(9-11-21)41-27(28,29)30/h4-11,15,23,37H,2-3,12-14,16-17H2,1H3,(H2,31,34)(H,33,38)/t23-/m1/s1. The highest BCUT2D eigenvalue weighted by atomic mass is 32.2. The van der Waals surface area contributed by atoms with Crippen LogP contribution in [0.1, 0.15) is 30.2 Å². The maximum atomic E-state index is 13.6. The van der Waals surface area contributed by atoms with Gasteiger partial charge in [-0.1, -0.05) is 37.6 Å². The van der Waals surface area contributed by atoms with Crippen molar-refractivity contribution in [1.29, 1.82) is 0 Å². The highest BCUT2D eigenvalue weighted by Gasteiger charge is 2.41. The number of ether oxygens (including phenoxy) is 1. The number of nitrogen functional groups attached to an aromatic ring is 1. The lowest BCUT2D eigenvalue weighted by Crippen LogP contribution is -2.60. The van der Waals surface area contributed by atoms with E-state index in [0.717, 1.165) is 52.5 Å². The molecular weight excluding hydrogens is 577 g/mol. The molecule has 0 unspecified atom stereocenters. The largest absolute Gasteiger partial charge is 0.573 e. The molecule has 226 valence electrons. The first-order valence-corrected chi connectivity index (χ1v) is 14.6. The van der Waals surface area contributed by atoms with Gasteiger partial charge in [-0.05, 0) is 41.8 Å². The Morgan fingerprint density at radius 1 is 1.12 bits per heavy atom. The third kappa shape index (κ3) is 7.46. The molecule has 1 saturated heterocycles. The van der Waals surface area contributed by atoms with Crippen molar-refractivity contribution in [2.75, 3.05) is 30.3 Å². The lowest BCUT2D eigenvalue weighted by Gasteiger charge is -2.40. The Morgan fingerprint density at radius 2 is 1.79 bits per heavy atom. The topological polar surface area (TPSA) is 151 Å². The number of piperazine rings is 1. The van der Waals surface area contributed by atoms with Gasteiger partial charge in [0.15, 0.2) is 0 Å². The van der Waals surface area contributed by atoms with Crippen molar-refractivity contribution in [2.45, 2.75) is 50.2 Å². The van der Waals surface area contributed by atoms with Gasteiger partial charge in [-0.3, -0.25) is 9.78 Å². The Hall–Kier alpha value is -3.95. The number of nitrogens with zero attached hydrogens (tertiary/aromatic N) is 4. The van der Waals surface area contributed by atoms with Gasteiger partial charge < -0.3 is 25.8 Å². The third-order valence-corrected chi connectivity index (χ3v) is 8.59. The molecule has 1 atom stereocenters. The van der Waals surface area contributed by atoms with E-state index in [-0.39, 0.29) is 42.6 Å². The molecule has 0 bridgehead atoms. The maximum Gasteiger partial charge on any atom is 0.573 e. The summed E-state index contributed by atoms with van der Waals surface area (Å²) in [5, 5.41) is 12.1. The van der Waals surface area contributed by atoms with Gasteiger partial charge >= 0.3 is 6.36 Å². The number of aromatic nitrogens is 2. The fourth-order valence-electron chi connectivity index (χ4n) is 4.54. The predicted octanol–water partition coefficient (Wildman–Crippen LogP) is 2.60. The van der Waals surface area contributed by atoms with Crippen molar-refractivity contribution in [1.82, 2.24) is 19.6 Å². The molecule has 42 heavy (non-hydrogen) atoms. The molecule has 1 aliphatic heterocycles. The zero-order chi connectivity index (χ0) is 30.5. The van der Waals surface area contributed by atoms with Gasteiger partial charge in [0.1, 0.15) is 29.1 Å². The smallest absolute Gasteiger partial charge is 0.406 e. The normalized spacial score (nSPS) is 16.3. The van der Waals surface area contributed by atoms with Gasteiger partial charge in [-0.25, -0.2) is 13.4 Å². The van der Waals surface area contributed by atoms with Crippen molar-refractivity contribution >= 4 is 27.6 Å². The number of nitrogens with one attached hydrogen (secondary N) is 1. The van der Waals surface area contributed by atoms with Crippen LogP contribution >= 0.6 is 0 Å². The Kier molecular flexibility index (Phi) is 9.53. The molecule has 2 heterocycles. The number of carbonyl (C=O) groups excluding carboxylic acids is 1. The monoisotopic (exact) mass is 608 g/mol. The average molecular weight is 609 g/mol. The van der Waals surface area contributed by atoms with Gasteiger partial charge in [0.2, 0.25) is 15.9 Å². The number of anilines is 2. The Balaban J connectivity index is 1.58. The maximum absolute atomic E-state index is 13.6. The molecule has 0 saturated carbocycles. The highest BCUT2D eigenvalue weighted by Crippen LogP contribution is 2.28. The lowest BCUT2D eigenvalue weighted by molar-refractivity contribution is -0.274. The van der Waals surface area contributed by atoms with Gasteiger partial charge in [-0.15, -0.1) is 13.2 Å². The Labute approximate surface area is 241 Å². The Bertz CT molecular complexity index is 1490. The number of benzene rings is 2. The van der Waals surface area contributed by atoms with E-state index in [2.05, 4.69) is 26.9 Å². The average Bonchev–Trinajstić information content (AvgIpc) is 2.96. The summed E-state index contributed by atoms with van der Waals surface area (Å²) in [4.78, 5) is 23.2. The number of carbonyl (C=O) groups is 1. The summed E-state index contributed by atoms with van der Waals surface area (Å²) in [6, 6.07) is 10.3. The van der Waals surface area contributed by atoms with Gasteiger partial charge in [0.25, 0.3) is 0 Å². The number of rotatable bonds is 10. The number of aryl methyl sites for hydroxylation is 1. The van der Waals surface area contributed by atoms with Gasteiger partial charge in [-0.2, -0.15) is 4.31 Å². The molecule has 3 aromatic rings. The fraction of sp³-hybridized carbons (Fsp3) is 0.370. The number of amides is 1. The van der Waals surface area contributed by atoms with E-state index in [1.165, 1.54) is 6.20 Å². The van der Waals surface area contributed by atoms with E-state index in [0.29, 0.717) is 5.82 Å². The second-order valence-electron chi connectivity index (χ2n) is 9.60. The van der Waals surface area contributed by atoms with Crippen molar-refractivity contribution in [3.8, 4) is 5.75 Å². The number of halogens is 3. The molecule has 4 N–H and O–H groups in total. The first-order valence-electron chi connectivity index (χ1n) is 13.1. The zero-order valence-electron chi connectivity index (χ0n) is 22.7. The van der Waals surface area contributed by atoms with Crippen LogP contribution in [0.5, 0.6) is 5.75 Å². The first-order chi connectivity index (χ1) is 19.9. The molecule has 1 aromatic heterocycles. The fourth-order valence-corrected chi connectivity index (χ4v) is 6.11. The summed E-state index contributed by atoms with van der Waals surface area (Å²) in [5.74, 6) is -0.864. The van der Waals surface area contributed by atoms with E-state index in [1.807, 2.05) is 24.3 Å². The minimum absolute atomic E-state index is 0.00117. The van der Waals surface area contributed by atoms with Crippen LogP contribution in [0.25, 0.3) is 0 Å². The number of alkyl halides is 3. The minimum Gasteiger partial charge on any atom is -0.406 e. The second kappa shape index (κ2) is 12.9. The zero-order valence-corrected chi connectivity index (χ0v) is 23.5. The van der Waals surface area contributed by atoms with Crippen LogP contribution in [0, 0.1) is 0 Å². The number of hydrogen-bond acceptors (Lipinski definition) is 9. The van der Waals surface area contributed by atoms with Gasteiger partial charge in [0, 0.05) is 26.2 Å². The number of hydrogen-bond donors (Lipinski definition) is 3. The summed E-state index contributed by atoms with van der Waals surface area (Å²) in [5.41, 5.74) is 8.03. The first kappa shape index (κ1) is 31.0. The van der Waals surface area contributed by atoms with Crippen LogP contribution in [-0.4, -0.2) is 65.7 Å². The predicted molar refractivity (Wildman–Crippen MR) is 148 cm³/mol. The number of aliphatic hydroxyl groups excluding tert-OH is 1. The van der Waals surface area contributed by atoms with E-state index >= 15 is 0 Å². The van der Waals surface area contributed by atoms with Crippen molar-refractivity contribution in [3.63, 3.8) is 0 Å². The van der Waals surface area contributed by atoms with Crippen LogP contribution in [0.4, 0.5) is 24.8 Å². The number of sulfonamides is 1. The Morgan fingerprint density at radius 3 is 2.38 bits per heavy atom. The number of aliphatic hydroxyl groups is 1. The van der Waals surface area contributed by atoms with Crippen LogP contribution in [-0.2, 0) is 34.4 Å². The molecular formula is C27H31F3N6O5S. The SMILES string of the molecule is CCCc1ccc(CNC(=O)[C@H]2CN(c3cnc(CO)c(N)n3)CCN2S(=O)(=O)c2ccc(OC(F)(F)F)cc2)cc1. The van der Waals surface area contributed by atoms with E-state index in [1.54, 1.807) is 4.90 Å². The number of nitrogens with two attached hydrogens (primary N) is 1. The molecule has 1 amide bonds. The molecule has 11 nitrogen and oxygen atoms in total. The van der Waals surface area contributed by atoms with Crippen molar-refractivity contribution in [2.24, 2.45) is 0 Å². The van der Waals surface area contributed by atoms with E-state index in [4.69, 9.17) is 5.73 Å². The molecule has 1 aliphatic rings. The summed E-state index contributed by atoms with van der Waals surface area (Å²) < 4.78 is 69.9. The molecule has 0 spiro atoms. The molecule has 2 aromatic carbocycles. The minimum atomic E-state index is -4.93. The highest BCUT2D eigenvalue weighted by molar-refractivity contribution is 7.89. The molecule has 1 fully saturated rings. The van der Waals surface area contributed by atoms with E-state index < -0.39 is 40.7 Å². The van der Waals surface area contributed by atoms with Crippen molar-refractivity contribution in [3.05, 3.63) is 71.5 Å². The summed E-state index contributed by atoms with van der Waals surface area (Å²) >= 11 is 0. The van der Waals surface area contributed by atoms with Crippen LogP contribution in [0.15, 0.2) is 59.6 Å². The second-order valence-corrected chi connectivity index (χ2v) is 11.5. The molecule has 15 heteroatoms. The molecule has 0 aliphatic carbocycles. The van der Waals surface area contributed by atoms with Crippen LogP contribution in [0.3, 0.4) is 0 Å². The van der Waals surface area contributed by atoms with E-state index in [9.17, 15) is 31.5 Å². The van der Waals surface area contributed by atoms with Gasteiger partial charge in [0.05, 0.1) is 17.7 Å².